The summed E-state index contributed by atoms with van der Waals surface area (Å²) in [6.07, 6.45) is -0.297. The van der Waals surface area contributed by atoms with Crippen molar-refractivity contribution in [2.75, 3.05) is 0 Å². The lowest BCUT2D eigenvalue weighted by atomic mass is 10.0. The Hall–Kier alpha value is -3.02. The van der Waals surface area contributed by atoms with Gasteiger partial charge in [-0.15, -0.1) is 0 Å². The number of aromatic hydroxyl groups is 1. The van der Waals surface area contributed by atoms with Gasteiger partial charge in [-0.1, -0.05) is 42.5 Å². The predicted molar refractivity (Wildman–Crippen MR) is 108 cm³/mol. The lowest BCUT2D eigenvalue weighted by Crippen LogP contribution is -2.49. The number of amides is 2. The molecule has 6 heteroatoms. The van der Waals surface area contributed by atoms with Gasteiger partial charge in [-0.25, -0.2) is 4.79 Å². The first-order chi connectivity index (χ1) is 13.1. The van der Waals surface area contributed by atoms with Crippen molar-refractivity contribution in [3.63, 3.8) is 0 Å². The first-order valence-corrected chi connectivity index (χ1v) is 9.27. The number of nitrogens with one attached hydrogen (secondary N) is 2. The summed E-state index contributed by atoms with van der Waals surface area (Å²) >= 11 is 0. The zero-order valence-corrected chi connectivity index (χ0v) is 16.7. The Kier molecular flexibility index (Phi) is 7.04. The molecule has 0 aliphatic carbocycles. The zero-order valence-electron chi connectivity index (χ0n) is 16.7. The number of hydrogen-bond acceptors (Lipinski definition) is 4. The topological polar surface area (TPSA) is 87.7 Å². The quantitative estimate of drug-likeness (QED) is 0.709. The van der Waals surface area contributed by atoms with Crippen LogP contribution in [0.1, 0.15) is 44.9 Å². The Morgan fingerprint density at radius 3 is 2.18 bits per heavy atom. The molecule has 0 saturated carbocycles. The summed E-state index contributed by atoms with van der Waals surface area (Å²) in [6.45, 7) is 7.15. The number of rotatable bonds is 6. The monoisotopic (exact) mass is 384 g/mol. The minimum absolute atomic E-state index is 0.163. The standard InChI is InChI=1S/C22H28N2O4/c1-15(17-10-12-18(25)13-11-17)23-20(26)19(14-16-8-6-5-7-9-16)24-21(27)28-22(2,3)4/h5-13,15,19,25H,14H2,1-4H3,(H,23,26)(H,24,27)/t15-,19+/m1/s1. The number of carbonyl (C=O) groups excluding carboxylic acids is 2. The van der Waals surface area contributed by atoms with E-state index in [1.165, 1.54) is 0 Å². The van der Waals surface area contributed by atoms with E-state index in [0.29, 0.717) is 6.42 Å². The van der Waals surface area contributed by atoms with Gasteiger partial charge in [0.25, 0.3) is 0 Å². The number of phenols is 1. The third-order valence-electron chi connectivity index (χ3n) is 4.04. The fraction of sp³-hybridized carbons (Fsp3) is 0.364. The second-order valence-electron chi connectivity index (χ2n) is 7.71. The van der Waals surface area contributed by atoms with Gasteiger partial charge < -0.3 is 20.5 Å². The highest BCUT2D eigenvalue weighted by molar-refractivity contribution is 5.86. The highest BCUT2D eigenvalue weighted by atomic mass is 16.6. The Labute approximate surface area is 165 Å². The molecule has 2 aromatic carbocycles. The van der Waals surface area contributed by atoms with Crippen molar-refractivity contribution >= 4 is 12.0 Å². The van der Waals surface area contributed by atoms with Crippen LogP contribution in [-0.2, 0) is 16.0 Å². The summed E-state index contributed by atoms with van der Waals surface area (Å²) in [6, 6.07) is 15.0. The molecule has 0 heterocycles. The van der Waals surface area contributed by atoms with Crippen LogP contribution < -0.4 is 10.6 Å². The smallest absolute Gasteiger partial charge is 0.408 e. The number of alkyl carbamates (subject to hydrolysis) is 1. The molecule has 0 aliphatic rings. The molecule has 0 spiro atoms. The molecule has 0 bridgehead atoms. The van der Waals surface area contributed by atoms with Crippen LogP contribution in [-0.4, -0.2) is 28.7 Å². The number of hydrogen-bond donors (Lipinski definition) is 3. The third kappa shape index (κ3) is 6.95. The summed E-state index contributed by atoms with van der Waals surface area (Å²) in [5, 5.41) is 15.0. The normalized spacial score (nSPS) is 13.3. The van der Waals surface area contributed by atoms with E-state index in [9.17, 15) is 14.7 Å². The van der Waals surface area contributed by atoms with Crippen molar-refractivity contribution in [3.8, 4) is 5.75 Å². The van der Waals surface area contributed by atoms with Crippen LogP contribution in [0.4, 0.5) is 4.79 Å². The molecule has 2 atom stereocenters. The average molecular weight is 384 g/mol. The van der Waals surface area contributed by atoms with Crippen LogP contribution in [0.5, 0.6) is 5.75 Å². The van der Waals surface area contributed by atoms with Crippen molar-refractivity contribution in [1.82, 2.24) is 10.6 Å². The van der Waals surface area contributed by atoms with Crippen molar-refractivity contribution in [3.05, 3.63) is 65.7 Å². The maximum Gasteiger partial charge on any atom is 0.408 e. The molecule has 0 radical (unpaired) electrons. The van der Waals surface area contributed by atoms with Gasteiger partial charge in [0.1, 0.15) is 17.4 Å². The number of ether oxygens (including phenoxy) is 1. The van der Waals surface area contributed by atoms with Gasteiger partial charge in [0.05, 0.1) is 6.04 Å². The van der Waals surface area contributed by atoms with Crippen molar-refractivity contribution in [2.45, 2.75) is 51.8 Å². The van der Waals surface area contributed by atoms with Gasteiger partial charge in [-0.3, -0.25) is 4.79 Å². The summed E-state index contributed by atoms with van der Waals surface area (Å²) in [5.41, 5.74) is 1.12. The number of carbonyl (C=O) groups is 2. The van der Waals surface area contributed by atoms with Gasteiger partial charge in [-0.05, 0) is 51.0 Å². The summed E-state index contributed by atoms with van der Waals surface area (Å²) in [7, 11) is 0. The SMILES string of the molecule is C[C@@H](NC(=O)[C@H](Cc1ccccc1)NC(=O)OC(C)(C)C)c1ccc(O)cc1. The summed E-state index contributed by atoms with van der Waals surface area (Å²) in [5.74, 6) is -0.147. The van der Waals surface area contributed by atoms with Crippen LogP contribution in [0.25, 0.3) is 0 Å². The molecule has 6 nitrogen and oxygen atoms in total. The molecule has 0 aliphatic heterocycles. The predicted octanol–water partition coefficient (Wildman–Crippen LogP) is 3.71. The second kappa shape index (κ2) is 9.26. The molecular formula is C22H28N2O4. The molecule has 0 unspecified atom stereocenters. The van der Waals surface area contributed by atoms with Crippen molar-refractivity contribution in [2.24, 2.45) is 0 Å². The first kappa shape index (κ1) is 21.3. The first-order valence-electron chi connectivity index (χ1n) is 9.27. The van der Waals surface area contributed by atoms with Gasteiger partial charge >= 0.3 is 6.09 Å². The Morgan fingerprint density at radius 2 is 1.61 bits per heavy atom. The van der Waals surface area contributed by atoms with Gasteiger partial charge in [0.2, 0.25) is 5.91 Å². The molecule has 3 N–H and O–H groups in total. The molecule has 2 aromatic rings. The molecule has 28 heavy (non-hydrogen) atoms. The van der Waals surface area contributed by atoms with Gasteiger partial charge in [-0.2, -0.15) is 0 Å². The Balaban J connectivity index is 2.10. The zero-order chi connectivity index (χ0) is 20.7. The second-order valence-corrected chi connectivity index (χ2v) is 7.71. The third-order valence-corrected chi connectivity index (χ3v) is 4.04. The van der Waals surface area contributed by atoms with Gasteiger partial charge in [0.15, 0.2) is 0 Å². The van der Waals surface area contributed by atoms with Crippen LogP contribution in [0.3, 0.4) is 0 Å². The van der Waals surface area contributed by atoms with E-state index in [4.69, 9.17) is 4.74 Å². The fourth-order valence-electron chi connectivity index (χ4n) is 2.67. The highest BCUT2D eigenvalue weighted by Crippen LogP contribution is 2.17. The van der Waals surface area contributed by atoms with E-state index in [1.807, 2.05) is 37.3 Å². The summed E-state index contributed by atoms with van der Waals surface area (Å²) in [4.78, 5) is 25.1. The molecule has 0 fully saturated rings. The molecular weight excluding hydrogens is 356 g/mol. The Morgan fingerprint density at radius 1 is 1.00 bits per heavy atom. The average Bonchev–Trinajstić information content (AvgIpc) is 2.61. The van der Waals surface area contributed by atoms with E-state index in [1.54, 1.807) is 45.0 Å². The van der Waals surface area contributed by atoms with Crippen molar-refractivity contribution < 1.29 is 19.4 Å². The van der Waals surface area contributed by atoms with E-state index in [-0.39, 0.29) is 17.7 Å². The van der Waals surface area contributed by atoms with Crippen LogP contribution >= 0.6 is 0 Å². The van der Waals surface area contributed by atoms with Crippen LogP contribution in [0.2, 0.25) is 0 Å². The molecule has 150 valence electrons. The van der Waals surface area contributed by atoms with Crippen LogP contribution in [0.15, 0.2) is 54.6 Å². The lowest BCUT2D eigenvalue weighted by molar-refractivity contribution is -0.123. The van der Waals surface area contributed by atoms with E-state index < -0.39 is 17.7 Å². The van der Waals surface area contributed by atoms with Crippen molar-refractivity contribution in [1.29, 1.82) is 0 Å². The maximum absolute atomic E-state index is 12.9. The lowest BCUT2D eigenvalue weighted by Gasteiger charge is -2.24. The minimum atomic E-state index is -0.781. The van der Waals surface area contributed by atoms with E-state index in [2.05, 4.69) is 10.6 Å². The largest absolute Gasteiger partial charge is 0.508 e. The highest BCUT2D eigenvalue weighted by Gasteiger charge is 2.25. The number of phenolic OH excluding ortho intramolecular Hbond substituents is 1. The van der Waals surface area contributed by atoms with Gasteiger partial charge in [0, 0.05) is 6.42 Å². The maximum atomic E-state index is 12.9. The van der Waals surface area contributed by atoms with E-state index >= 15 is 0 Å². The summed E-state index contributed by atoms with van der Waals surface area (Å²) < 4.78 is 5.30. The minimum Gasteiger partial charge on any atom is -0.508 e. The van der Waals surface area contributed by atoms with E-state index in [0.717, 1.165) is 11.1 Å². The molecule has 2 amide bonds. The number of benzene rings is 2. The fourth-order valence-corrected chi connectivity index (χ4v) is 2.67. The molecule has 0 saturated heterocycles. The molecule has 2 rings (SSSR count). The molecule has 0 aromatic heterocycles. The Bertz CT molecular complexity index is 782. The van der Waals surface area contributed by atoms with Crippen LogP contribution in [0, 0.1) is 0 Å².